The molecule has 2 rings (SSSR count). The second kappa shape index (κ2) is 9.91. The van der Waals surface area contributed by atoms with Crippen LogP contribution in [-0.2, 0) is 16.4 Å². The molecule has 2 aromatic rings. The smallest absolute Gasteiger partial charge is 0.191 e. The molecule has 0 radical (unpaired) electrons. The first-order valence-corrected chi connectivity index (χ1v) is 10.4. The molecular formula is C19H26N4O2S. The number of aliphatic imine (C=N–C) groups is 1. The minimum absolute atomic E-state index is 0.0154. The lowest BCUT2D eigenvalue weighted by Gasteiger charge is -2.20. The molecular weight excluding hydrogens is 348 g/mol. The normalized spacial score (nSPS) is 13.2. The van der Waals surface area contributed by atoms with Crippen LogP contribution in [0.3, 0.4) is 0 Å². The summed E-state index contributed by atoms with van der Waals surface area (Å²) in [5.41, 5.74) is 0.856. The maximum atomic E-state index is 12.6. The Bertz CT molecular complexity index is 793. The van der Waals surface area contributed by atoms with E-state index in [1.807, 2.05) is 38.1 Å². The van der Waals surface area contributed by atoms with Crippen molar-refractivity contribution in [1.29, 1.82) is 0 Å². The van der Waals surface area contributed by atoms with E-state index in [0.717, 1.165) is 5.69 Å². The molecule has 0 saturated carbocycles. The van der Waals surface area contributed by atoms with Crippen LogP contribution in [0.1, 0.15) is 26.0 Å². The third kappa shape index (κ3) is 6.15. The summed E-state index contributed by atoms with van der Waals surface area (Å²) in [6.07, 6.45) is 2.40. The molecule has 1 aromatic carbocycles. The van der Waals surface area contributed by atoms with Crippen LogP contribution in [0.25, 0.3) is 0 Å². The maximum Gasteiger partial charge on any atom is 0.191 e. The number of benzene rings is 1. The second-order valence-electron chi connectivity index (χ2n) is 5.86. The molecule has 7 heteroatoms. The average Bonchev–Trinajstić information content (AvgIpc) is 2.67. The predicted molar refractivity (Wildman–Crippen MR) is 105 cm³/mol. The van der Waals surface area contributed by atoms with E-state index in [4.69, 9.17) is 0 Å². The summed E-state index contributed by atoms with van der Waals surface area (Å²) in [4.78, 5) is 9.11. The molecule has 1 heterocycles. The first kappa shape index (κ1) is 19.9. The van der Waals surface area contributed by atoms with Gasteiger partial charge in [-0.15, -0.1) is 0 Å². The Hall–Kier alpha value is -2.41. The highest BCUT2D eigenvalue weighted by Gasteiger charge is 2.20. The van der Waals surface area contributed by atoms with Gasteiger partial charge in [0, 0.05) is 18.8 Å². The Labute approximate surface area is 155 Å². The van der Waals surface area contributed by atoms with Crippen LogP contribution in [0.2, 0.25) is 0 Å². The molecule has 1 aromatic heterocycles. The number of pyridine rings is 1. The Morgan fingerprint density at radius 3 is 2.46 bits per heavy atom. The Morgan fingerprint density at radius 2 is 1.85 bits per heavy atom. The number of sulfone groups is 1. The molecule has 0 saturated heterocycles. The van der Waals surface area contributed by atoms with Gasteiger partial charge in [0.25, 0.3) is 0 Å². The number of hydrogen-bond acceptors (Lipinski definition) is 4. The third-order valence-corrected chi connectivity index (χ3v) is 5.66. The van der Waals surface area contributed by atoms with E-state index in [1.54, 1.807) is 30.5 Å². The number of hydrogen-bond donors (Lipinski definition) is 2. The quantitative estimate of drug-likeness (QED) is 0.548. The number of nitrogens with one attached hydrogen (secondary N) is 2. The highest BCUT2D eigenvalue weighted by molar-refractivity contribution is 7.91. The summed E-state index contributed by atoms with van der Waals surface area (Å²) in [5, 5.41) is 6.39. The molecule has 1 atom stereocenters. The van der Waals surface area contributed by atoms with Crippen molar-refractivity contribution in [3.63, 3.8) is 0 Å². The molecule has 26 heavy (non-hydrogen) atoms. The Morgan fingerprint density at radius 1 is 1.12 bits per heavy atom. The molecule has 0 fully saturated rings. The van der Waals surface area contributed by atoms with E-state index in [2.05, 4.69) is 20.6 Å². The summed E-state index contributed by atoms with van der Waals surface area (Å²) in [7, 11) is -3.36. The van der Waals surface area contributed by atoms with Crippen LogP contribution < -0.4 is 10.6 Å². The molecule has 0 amide bonds. The predicted octanol–water partition coefficient (Wildman–Crippen LogP) is 2.39. The summed E-state index contributed by atoms with van der Waals surface area (Å²) >= 11 is 0. The summed E-state index contributed by atoms with van der Waals surface area (Å²) in [6.45, 7) is 5.05. The number of aromatic nitrogens is 1. The van der Waals surface area contributed by atoms with E-state index in [-0.39, 0.29) is 11.8 Å². The van der Waals surface area contributed by atoms with Crippen molar-refractivity contribution in [1.82, 2.24) is 15.6 Å². The van der Waals surface area contributed by atoms with Crippen molar-refractivity contribution in [2.75, 3.05) is 12.3 Å². The highest BCUT2D eigenvalue weighted by atomic mass is 32.2. The van der Waals surface area contributed by atoms with Crippen LogP contribution in [0.5, 0.6) is 0 Å². The fourth-order valence-electron chi connectivity index (χ4n) is 2.42. The average molecular weight is 375 g/mol. The monoisotopic (exact) mass is 374 g/mol. The first-order chi connectivity index (χ1) is 12.5. The van der Waals surface area contributed by atoms with Gasteiger partial charge in [-0.3, -0.25) is 4.98 Å². The standard InChI is InChI=1S/C19H26N4O2S/c1-3-16(15-26(24,25)18-11-6-5-7-12-18)23-19(20-4-2)22-14-17-10-8-9-13-21-17/h5-13,16H,3-4,14-15H2,1-2H3,(H2,20,22,23). The fraction of sp³-hybridized carbons (Fsp3) is 0.368. The molecule has 140 valence electrons. The van der Waals surface area contributed by atoms with E-state index in [0.29, 0.717) is 30.4 Å². The maximum absolute atomic E-state index is 12.6. The van der Waals surface area contributed by atoms with Crippen molar-refractivity contribution in [2.45, 2.75) is 37.8 Å². The highest BCUT2D eigenvalue weighted by Crippen LogP contribution is 2.12. The Balaban J connectivity index is 2.07. The van der Waals surface area contributed by atoms with Gasteiger partial charge in [0.2, 0.25) is 0 Å². The van der Waals surface area contributed by atoms with Crippen LogP contribution in [-0.4, -0.2) is 37.7 Å². The van der Waals surface area contributed by atoms with Crippen molar-refractivity contribution in [2.24, 2.45) is 4.99 Å². The van der Waals surface area contributed by atoms with Crippen LogP contribution in [0.4, 0.5) is 0 Å². The van der Waals surface area contributed by atoms with Gasteiger partial charge in [0.1, 0.15) is 0 Å². The first-order valence-electron chi connectivity index (χ1n) is 8.77. The summed E-state index contributed by atoms with van der Waals surface area (Å²) in [5.74, 6) is 0.606. The molecule has 0 aliphatic heterocycles. The topological polar surface area (TPSA) is 83.4 Å². The molecule has 6 nitrogen and oxygen atoms in total. The van der Waals surface area contributed by atoms with Gasteiger partial charge in [-0.1, -0.05) is 31.2 Å². The lowest BCUT2D eigenvalue weighted by molar-refractivity contribution is 0.569. The molecule has 0 bridgehead atoms. The summed E-state index contributed by atoms with van der Waals surface area (Å²) in [6, 6.07) is 14.0. The van der Waals surface area contributed by atoms with Crippen LogP contribution in [0.15, 0.2) is 64.6 Å². The zero-order valence-corrected chi connectivity index (χ0v) is 16.0. The third-order valence-electron chi connectivity index (χ3n) is 3.83. The van der Waals surface area contributed by atoms with Crippen LogP contribution in [0, 0.1) is 0 Å². The van der Waals surface area contributed by atoms with Crippen molar-refractivity contribution in [3.8, 4) is 0 Å². The van der Waals surface area contributed by atoms with Gasteiger partial charge in [-0.2, -0.15) is 0 Å². The van der Waals surface area contributed by atoms with Gasteiger partial charge >= 0.3 is 0 Å². The van der Waals surface area contributed by atoms with Gasteiger partial charge in [-0.25, -0.2) is 13.4 Å². The SMILES string of the molecule is CCNC(=NCc1ccccn1)NC(CC)CS(=O)(=O)c1ccccc1. The van der Waals surface area contributed by atoms with Crippen molar-refractivity contribution < 1.29 is 8.42 Å². The van der Waals surface area contributed by atoms with E-state index in [1.165, 1.54) is 0 Å². The largest absolute Gasteiger partial charge is 0.357 e. The molecule has 0 aliphatic rings. The molecule has 0 spiro atoms. The van der Waals surface area contributed by atoms with Gasteiger partial charge in [0.15, 0.2) is 15.8 Å². The zero-order valence-electron chi connectivity index (χ0n) is 15.2. The second-order valence-corrected chi connectivity index (χ2v) is 7.89. The van der Waals surface area contributed by atoms with Crippen molar-refractivity contribution in [3.05, 3.63) is 60.4 Å². The Kier molecular flexibility index (Phi) is 7.59. The number of guanidine groups is 1. The van der Waals surface area contributed by atoms with E-state index < -0.39 is 9.84 Å². The van der Waals surface area contributed by atoms with Gasteiger partial charge in [0.05, 0.1) is 22.9 Å². The molecule has 1 unspecified atom stereocenters. The molecule has 0 aliphatic carbocycles. The number of rotatable bonds is 8. The van der Waals surface area contributed by atoms with E-state index in [9.17, 15) is 8.42 Å². The summed E-state index contributed by atoms with van der Waals surface area (Å²) < 4.78 is 25.2. The fourth-order valence-corrected chi connectivity index (χ4v) is 4.03. The van der Waals surface area contributed by atoms with Gasteiger partial charge in [-0.05, 0) is 37.6 Å². The lowest BCUT2D eigenvalue weighted by atomic mass is 10.2. The minimum atomic E-state index is -3.36. The number of nitrogens with zero attached hydrogens (tertiary/aromatic N) is 2. The molecule has 2 N–H and O–H groups in total. The van der Waals surface area contributed by atoms with Gasteiger partial charge < -0.3 is 10.6 Å². The zero-order chi connectivity index (χ0) is 18.8. The minimum Gasteiger partial charge on any atom is -0.357 e. The lowest BCUT2D eigenvalue weighted by Crippen LogP contribution is -2.46. The van der Waals surface area contributed by atoms with E-state index >= 15 is 0 Å². The van der Waals surface area contributed by atoms with Crippen LogP contribution >= 0.6 is 0 Å². The van der Waals surface area contributed by atoms with Crippen molar-refractivity contribution >= 4 is 15.8 Å².